The Hall–Kier alpha value is -1.00. The molecule has 0 radical (unpaired) electrons. The second-order valence-corrected chi connectivity index (χ2v) is 3.50. The molecule has 0 unspecified atom stereocenters. The number of ether oxygens (including phenoxy) is 1. The van der Waals surface area contributed by atoms with Gasteiger partial charge in [-0.3, -0.25) is 0 Å². The molecule has 90 valence electrons. The third-order valence-corrected chi connectivity index (χ3v) is 2.44. The zero-order valence-electron chi connectivity index (χ0n) is 9.48. The molecule has 1 aliphatic rings. The minimum Gasteiger partial charge on any atom is -0.478 e. The predicted molar refractivity (Wildman–Crippen MR) is 67.7 cm³/mol. The number of hydrogen-bond donors (Lipinski definition) is 1. The zero-order valence-corrected chi connectivity index (χ0v) is 10.3. The Kier molecular flexibility index (Phi) is 5.35. The number of pyridine rings is 1. The lowest BCUT2D eigenvalue weighted by atomic mass is 10.3. The molecular weight excluding hydrogens is 226 g/mol. The van der Waals surface area contributed by atoms with Gasteiger partial charge in [0.05, 0.1) is 6.61 Å². The zero-order chi connectivity index (χ0) is 10.5. The van der Waals surface area contributed by atoms with Gasteiger partial charge in [-0.2, -0.15) is 4.98 Å². The first-order valence-corrected chi connectivity index (χ1v) is 5.45. The summed E-state index contributed by atoms with van der Waals surface area (Å²) < 4.78 is 5.38. The Morgan fingerprint density at radius 1 is 1.38 bits per heavy atom. The Morgan fingerprint density at radius 2 is 2.12 bits per heavy atom. The van der Waals surface area contributed by atoms with E-state index in [9.17, 15) is 0 Å². The minimum absolute atomic E-state index is 0. The lowest BCUT2D eigenvalue weighted by molar-refractivity contribution is 0.327. The average molecular weight is 244 g/mol. The predicted octanol–water partition coefficient (Wildman–Crippen LogP) is 1.31. The van der Waals surface area contributed by atoms with E-state index in [1.807, 2.05) is 25.1 Å². The number of rotatable bonds is 3. The van der Waals surface area contributed by atoms with E-state index in [1.165, 1.54) is 0 Å². The van der Waals surface area contributed by atoms with Crippen LogP contribution in [0.2, 0.25) is 0 Å². The van der Waals surface area contributed by atoms with Gasteiger partial charge in [-0.15, -0.1) is 12.4 Å². The molecule has 0 saturated carbocycles. The molecule has 0 aliphatic carbocycles. The highest BCUT2D eigenvalue weighted by Crippen LogP contribution is 2.15. The maximum atomic E-state index is 5.38. The van der Waals surface area contributed by atoms with Crippen molar-refractivity contribution in [3.8, 4) is 5.88 Å². The number of nitrogens with zero attached hydrogens (tertiary/aromatic N) is 2. The smallest absolute Gasteiger partial charge is 0.215 e. The monoisotopic (exact) mass is 243 g/mol. The van der Waals surface area contributed by atoms with Gasteiger partial charge in [0.15, 0.2) is 0 Å². The van der Waals surface area contributed by atoms with Crippen LogP contribution in [0.15, 0.2) is 18.2 Å². The van der Waals surface area contributed by atoms with E-state index in [0.717, 1.165) is 32.0 Å². The number of anilines is 1. The maximum Gasteiger partial charge on any atom is 0.215 e. The molecule has 5 heteroatoms. The molecule has 1 aromatic heterocycles. The van der Waals surface area contributed by atoms with Crippen molar-refractivity contribution >= 4 is 18.2 Å². The molecule has 2 heterocycles. The number of piperazine rings is 1. The third-order valence-electron chi connectivity index (χ3n) is 2.44. The van der Waals surface area contributed by atoms with Crippen molar-refractivity contribution in [1.82, 2.24) is 10.3 Å². The van der Waals surface area contributed by atoms with E-state index in [1.54, 1.807) is 0 Å². The Morgan fingerprint density at radius 3 is 2.81 bits per heavy atom. The summed E-state index contributed by atoms with van der Waals surface area (Å²) >= 11 is 0. The molecule has 1 N–H and O–H groups in total. The van der Waals surface area contributed by atoms with E-state index in [2.05, 4.69) is 15.2 Å². The molecule has 4 nitrogen and oxygen atoms in total. The third kappa shape index (κ3) is 3.25. The second kappa shape index (κ2) is 6.55. The number of nitrogens with one attached hydrogen (secondary N) is 1. The molecule has 0 amide bonds. The molecule has 1 aromatic rings. The van der Waals surface area contributed by atoms with E-state index in [4.69, 9.17) is 4.74 Å². The fraction of sp³-hybridized carbons (Fsp3) is 0.545. The van der Waals surface area contributed by atoms with Gasteiger partial charge in [0.2, 0.25) is 5.88 Å². The highest BCUT2D eigenvalue weighted by Gasteiger charge is 2.11. The van der Waals surface area contributed by atoms with Gasteiger partial charge < -0.3 is 15.0 Å². The van der Waals surface area contributed by atoms with E-state index < -0.39 is 0 Å². The second-order valence-electron chi connectivity index (χ2n) is 3.50. The summed E-state index contributed by atoms with van der Waals surface area (Å²) in [6.45, 7) is 6.73. The number of halogens is 1. The number of aromatic nitrogens is 1. The van der Waals surface area contributed by atoms with Gasteiger partial charge in [-0.1, -0.05) is 6.07 Å². The minimum atomic E-state index is 0. The van der Waals surface area contributed by atoms with Crippen molar-refractivity contribution in [2.75, 3.05) is 37.7 Å². The van der Waals surface area contributed by atoms with Gasteiger partial charge in [0.1, 0.15) is 5.82 Å². The first kappa shape index (κ1) is 13.1. The summed E-state index contributed by atoms with van der Waals surface area (Å²) in [4.78, 5) is 6.74. The fourth-order valence-corrected chi connectivity index (χ4v) is 1.70. The molecule has 1 saturated heterocycles. The van der Waals surface area contributed by atoms with Crippen LogP contribution in [0.25, 0.3) is 0 Å². The Labute approximate surface area is 102 Å². The Bertz CT molecular complexity index is 316. The van der Waals surface area contributed by atoms with Crippen molar-refractivity contribution in [3.63, 3.8) is 0 Å². The summed E-state index contributed by atoms with van der Waals surface area (Å²) in [5.74, 6) is 1.73. The molecule has 1 fully saturated rings. The maximum absolute atomic E-state index is 5.38. The van der Waals surface area contributed by atoms with Gasteiger partial charge >= 0.3 is 0 Å². The molecule has 1 aliphatic heterocycles. The quantitative estimate of drug-likeness (QED) is 0.869. The van der Waals surface area contributed by atoms with E-state index >= 15 is 0 Å². The van der Waals surface area contributed by atoms with Crippen molar-refractivity contribution in [1.29, 1.82) is 0 Å². The summed E-state index contributed by atoms with van der Waals surface area (Å²) in [5.41, 5.74) is 0. The first-order valence-electron chi connectivity index (χ1n) is 5.45. The van der Waals surface area contributed by atoms with Crippen LogP contribution < -0.4 is 15.0 Å². The summed E-state index contributed by atoms with van der Waals surface area (Å²) in [6.07, 6.45) is 0. The lowest BCUT2D eigenvalue weighted by Gasteiger charge is -2.28. The standard InChI is InChI=1S/C11H17N3O.ClH/c1-2-15-11-5-3-4-10(13-11)14-8-6-12-7-9-14;/h3-5,12H,2,6-9H2,1H3;1H. The van der Waals surface area contributed by atoms with E-state index in [-0.39, 0.29) is 12.4 Å². The summed E-state index contributed by atoms with van der Waals surface area (Å²) in [5, 5.41) is 3.32. The van der Waals surface area contributed by atoms with Crippen LogP contribution in [0.5, 0.6) is 5.88 Å². The molecule has 0 aromatic carbocycles. The molecule has 2 rings (SSSR count). The molecule has 0 bridgehead atoms. The van der Waals surface area contributed by atoms with Crippen LogP contribution in [-0.4, -0.2) is 37.8 Å². The average Bonchev–Trinajstić information content (AvgIpc) is 2.31. The summed E-state index contributed by atoms with van der Waals surface area (Å²) in [7, 11) is 0. The largest absolute Gasteiger partial charge is 0.478 e. The van der Waals surface area contributed by atoms with Crippen molar-refractivity contribution in [3.05, 3.63) is 18.2 Å². The lowest BCUT2D eigenvalue weighted by Crippen LogP contribution is -2.43. The first-order chi connectivity index (χ1) is 7.40. The van der Waals surface area contributed by atoms with Crippen LogP contribution in [0.4, 0.5) is 5.82 Å². The van der Waals surface area contributed by atoms with Gasteiger partial charge in [-0.25, -0.2) is 0 Å². The molecular formula is C11H18ClN3O. The molecule has 0 spiro atoms. The summed E-state index contributed by atoms with van der Waals surface area (Å²) in [6, 6.07) is 5.93. The van der Waals surface area contributed by atoms with Crippen molar-refractivity contribution in [2.24, 2.45) is 0 Å². The highest BCUT2D eigenvalue weighted by atomic mass is 35.5. The van der Waals surface area contributed by atoms with Crippen molar-refractivity contribution < 1.29 is 4.74 Å². The van der Waals surface area contributed by atoms with Crippen molar-refractivity contribution in [2.45, 2.75) is 6.92 Å². The van der Waals surface area contributed by atoms with Crippen LogP contribution in [-0.2, 0) is 0 Å². The van der Waals surface area contributed by atoms with Gasteiger partial charge in [0.25, 0.3) is 0 Å². The SMILES string of the molecule is CCOc1cccc(N2CCNCC2)n1.Cl. The van der Waals surface area contributed by atoms with Gasteiger partial charge in [-0.05, 0) is 13.0 Å². The fourth-order valence-electron chi connectivity index (χ4n) is 1.70. The molecule has 16 heavy (non-hydrogen) atoms. The Balaban J connectivity index is 0.00000128. The van der Waals surface area contributed by atoms with E-state index in [0.29, 0.717) is 12.5 Å². The van der Waals surface area contributed by atoms with Gasteiger partial charge in [0, 0.05) is 32.2 Å². The molecule has 0 atom stereocenters. The van der Waals surface area contributed by atoms with Crippen LogP contribution in [0.3, 0.4) is 0 Å². The number of hydrogen-bond acceptors (Lipinski definition) is 4. The van der Waals surface area contributed by atoms with Crippen LogP contribution in [0.1, 0.15) is 6.92 Å². The highest BCUT2D eigenvalue weighted by molar-refractivity contribution is 5.85. The van der Waals surface area contributed by atoms with Crippen LogP contribution >= 0.6 is 12.4 Å². The normalized spacial score (nSPS) is 15.4. The van der Waals surface area contributed by atoms with Crippen LogP contribution in [0, 0.1) is 0 Å². The topological polar surface area (TPSA) is 37.4 Å².